The van der Waals surface area contributed by atoms with E-state index in [1.54, 1.807) is 43.4 Å². The highest BCUT2D eigenvalue weighted by atomic mass is 32.2. The van der Waals surface area contributed by atoms with Crippen molar-refractivity contribution in [1.82, 2.24) is 4.31 Å². The molecule has 0 radical (unpaired) electrons. The van der Waals surface area contributed by atoms with Gasteiger partial charge in [0.05, 0.1) is 4.90 Å². The Morgan fingerprint density at radius 2 is 1.60 bits per heavy atom. The zero-order chi connectivity index (χ0) is 21.7. The molecule has 160 valence electrons. The van der Waals surface area contributed by atoms with Crippen LogP contribution in [0.15, 0.2) is 53.4 Å². The molecule has 2 aromatic carbocycles. The average Bonchev–Trinajstić information content (AvgIpc) is 2.74. The standard InChI is InChI=1S/C22H27N3O4S/c1-16(26)23-19-8-6-7-17(15-19)22(27)24-18-11-13-21(14-12-18)30(28,29)25(2)20-9-4-3-5-10-20/h6-8,11-15,20H,3-5,9-10H2,1-2H3,(H,23,26)(H,24,27). The highest BCUT2D eigenvalue weighted by Gasteiger charge is 2.28. The highest BCUT2D eigenvalue weighted by Crippen LogP contribution is 2.27. The summed E-state index contributed by atoms with van der Waals surface area (Å²) >= 11 is 0. The van der Waals surface area contributed by atoms with Gasteiger partial charge >= 0.3 is 0 Å². The van der Waals surface area contributed by atoms with Crippen molar-refractivity contribution in [3.8, 4) is 0 Å². The van der Waals surface area contributed by atoms with Crippen LogP contribution in [0.4, 0.5) is 11.4 Å². The number of hydrogen-bond donors (Lipinski definition) is 2. The van der Waals surface area contributed by atoms with Crippen molar-refractivity contribution >= 4 is 33.2 Å². The molecule has 0 saturated heterocycles. The summed E-state index contributed by atoms with van der Waals surface area (Å²) in [6, 6.07) is 12.8. The number of carbonyl (C=O) groups is 2. The molecule has 0 atom stereocenters. The van der Waals surface area contributed by atoms with E-state index in [1.165, 1.54) is 23.4 Å². The number of nitrogens with one attached hydrogen (secondary N) is 2. The molecule has 0 spiro atoms. The smallest absolute Gasteiger partial charge is 0.255 e. The third kappa shape index (κ3) is 5.25. The normalized spacial score (nSPS) is 15.0. The van der Waals surface area contributed by atoms with Crippen molar-refractivity contribution < 1.29 is 18.0 Å². The van der Waals surface area contributed by atoms with Crippen LogP contribution in [-0.4, -0.2) is 37.6 Å². The number of sulfonamides is 1. The summed E-state index contributed by atoms with van der Waals surface area (Å²) in [7, 11) is -1.93. The number of amides is 2. The van der Waals surface area contributed by atoms with E-state index in [1.807, 2.05) is 0 Å². The predicted octanol–water partition coefficient (Wildman–Crippen LogP) is 3.85. The number of benzene rings is 2. The van der Waals surface area contributed by atoms with Gasteiger partial charge in [-0.25, -0.2) is 8.42 Å². The van der Waals surface area contributed by atoms with Gasteiger partial charge in [0, 0.05) is 37.0 Å². The maximum Gasteiger partial charge on any atom is 0.255 e. The lowest BCUT2D eigenvalue weighted by atomic mass is 9.96. The molecule has 1 aliphatic carbocycles. The molecule has 3 rings (SSSR count). The Kier molecular flexibility index (Phi) is 6.89. The van der Waals surface area contributed by atoms with Crippen molar-refractivity contribution in [2.24, 2.45) is 0 Å². The third-order valence-corrected chi connectivity index (χ3v) is 7.25. The molecule has 2 amide bonds. The van der Waals surface area contributed by atoms with Gasteiger partial charge in [0.15, 0.2) is 0 Å². The van der Waals surface area contributed by atoms with Crippen LogP contribution in [0.2, 0.25) is 0 Å². The second kappa shape index (κ2) is 9.40. The lowest BCUT2D eigenvalue weighted by Gasteiger charge is -2.30. The van der Waals surface area contributed by atoms with Crippen LogP contribution in [0.5, 0.6) is 0 Å². The van der Waals surface area contributed by atoms with E-state index in [0.29, 0.717) is 16.9 Å². The molecule has 0 bridgehead atoms. The molecule has 7 nitrogen and oxygen atoms in total. The molecule has 1 aliphatic rings. The van der Waals surface area contributed by atoms with Crippen LogP contribution in [0.3, 0.4) is 0 Å². The maximum atomic E-state index is 12.9. The minimum absolute atomic E-state index is 0.0408. The van der Waals surface area contributed by atoms with Gasteiger partial charge in [-0.3, -0.25) is 9.59 Å². The van der Waals surface area contributed by atoms with Crippen molar-refractivity contribution in [1.29, 1.82) is 0 Å². The molecule has 8 heteroatoms. The quantitative estimate of drug-likeness (QED) is 0.729. The van der Waals surface area contributed by atoms with E-state index in [9.17, 15) is 18.0 Å². The summed E-state index contributed by atoms with van der Waals surface area (Å²) in [6.07, 6.45) is 5.05. The van der Waals surface area contributed by atoms with E-state index in [-0.39, 0.29) is 22.8 Å². The number of hydrogen-bond acceptors (Lipinski definition) is 4. The second-order valence-corrected chi connectivity index (χ2v) is 9.55. The van der Waals surface area contributed by atoms with Crippen LogP contribution >= 0.6 is 0 Å². The molecule has 2 aromatic rings. The van der Waals surface area contributed by atoms with E-state index in [4.69, 9.17) is 0 Å². The van der Waals surface area contributed by atoms with Crippen LogP contribution < -0.4 is 10.6 Å². The first-order valence-electron chi connectivity index (χ1n) is 10.0. The van der Waals surface area contributed by atoms with Crippen molar-refractivity contribution in [3.63, 3.8) is 0 Å². The van der Waals surface area contributed by atoms with Crippen molar-refractivity contribution in [2.45, 2.75) is 50.0 Å². The third-order valence-electron chi connectivity index (χ3n) is 5.32. The first kappa shape index (κ1) is 22.0. The zero-order valence-corrected chi connectivity index (χ0v) is 18.0. The summed E-state index contributed by atoms with van der Waals surface area (Å²) < 4.78 is 27.3. The molecule has 0 heterocycles. The zero-order valence-electron chi connectivity index (χ0n) is 17.2. The van der Waals surface area contributed by atoms with Crippen LogP contribution in [0.25, 0.3) is 0 Å². The van der Waals surface area contributed by atoms with E-state index in [2.05, 4.69) is 10.6 Å². The van der Waals surface area contributed by atoms with Crippen molar-refractivity contribution in [2.75, 3.05) is 17.7 Å². The number of anilines is 2. The molecule has 0 aromatic heterocycles. The molecule has 0 unspecified atom stereocenters. The Morgan fingerprint density at radius 3 is 2.23 bits per heavy atom. The molecule has 2 N–H and O–H groups in total. The first-order chi connectivity index (χ1) is 14.3. The number of nitrogens with zero attached hydrogens (tertiary/aromatic N) is 1. The number of carbonyl (C=O) groups excluding carboxylic acids is 2. The predicted molar refractivity (Wildman–Crippen MR) is 117 cm³/mol. The van der Waals surface area contributed by atoms with Gasteiger partial charge in [-0.1, -0.05) is 25.3 Å². The Hall–Kier alpha value is -2.71. The minimum atomic E-state index is -3.57. The maximum absolute atomic E-state index is 12.9. The summed E-state index contributed by atoms with van der Waals surface area (Å²) in [6.45, 7) is 1.40. The topological polar surface area (TPSA) is 95.6 Å². The summed E-state index contributed by atoms with van der Waals surface area (Å²) in [4.78, 5) is 23.9. The van der Waals surface area contributed by atoms with Gasteiger partial charge in [0.2, 0.25) is 15.9 Å². The van der Waals surface area contributed by atoms with Gasteiger partial charge in [0.1, 0.15) is 0 Å². The fourth-order valence-corrected chi connectivity index (χ4v) is 5.08. The van der Waals surface area contributed by atoms with Crippen molar-refractivity contribution in [3.05, 3.63) is 54.1 Å². The van der Waals surface area contributed by atoms with Crippen LogP contribution in [0.1, 0.15) is 49.4 Å². The fraction of sp³-hybridized carbons (Fsp3) is 0.364. The van der Waals surface area contributed by atoms with E-state index in [0.717, 1.165) is 32.1 Å². The summed E-state index contributed by atoms with van der Waals surface area (Å²) in [5.41, 5.74) is 1.40. The minimum Gasteiger partial charge on any atom is -0.326 e. The SMILES string of the molecule is CC(=O)Nc1cccc(C(=O)Nc2ccc(S(=O)(=O)N(C)C3CCCCC3)cc2)c1. The summed E-state index contributed by atoms with van der Waals surface area (Å²) in [5, 5.41) is 5.39. The van der Waals surface area contributed by atoms with Gasteiger partial charge in [-0.15, -0.1) is 0 Å². The lowest BCUT2D eigenvalue weighted by Crippen LogP contribution is -2.38. The summed E-state index contributed by atoms with van der Waals surface area (Å²) in [5.74, 6) is -0.570. The lowest BCUT2D eigenvalue weighted by molar-refractivity contribution is -0.114. The Labute approximate surface area is 177 Å². The second-order valence-electron chi connectivity index (χ2n) is 7.55. The molecular weight excluding hydrogens is 402 g/mol. The molecule has 0 aliphatic heterocycles. The Balaban J connectivity index is 1.69. The first-order valence-corrected chi connectivity index (χ1v) is 11.5. The number of rotatable bonds is 6. The fourth-order valence-electron chi connectivity index (χ4n) is 3.66. The van der Waals surface area contributed by atoms with Gasteiger partial charge in [0.25, 0.3) is 5.91 Å². The molecule has 1 saturated carbocycles. The van der Waals surface area contributed by atoms with Crippen LogP contribution in [-0.2, 0) is 14.8 Å². The largest absolute Gasteiger partial charge is 0.326 e. The Bertz CT molecular complexity index is 1010. The molecule has 1 fully saturated rings. The van der Waals surface area contributed by atoms with E-state index >= 15 is 0 Å². The van der Waals surface area contributed by atoms with Gasteiger partial charge in [-0.2, -0.15) is 4.31 Å². The van der Waals surface area contributed by atoms with Gasteiger partial charge < -0.3 is 10.6 Å². The molecular formula is C22H27N3O4S. The van der Waals surface area contributed by atoms with E-state index < -0.39 is 10.0 Å². The highest BCUT2D eigenvalue weighted by molar-refractivity contribution is 7.89. The Morgan fingerprint density at radius 1 is 0.933 bits per heavy atom. The monoisotopic (exact) mass is 429 g/mol. The molecule has 30 heavy (non-hydrogen) atoms. The van der Waals surface area contributed by atoms with Crippen LogP contribution in [0, 0.1) is 0 Å². The van der Waals surface area contributed by atoms with Gasteiger partial charge in [-0.05, 0) is 55.3 Å². The average molecular weight is 430 g/mol.